The molecule has 5 heteroatoms. The van der Waals surface area contributed by atoms with E-state index in [0.29, 0.717) is 6.42 Å². The molecule has 1 heterocycles. The number of amides is 1. The van der Waals surface area contributed by atoms with Crippen molar-refractivity contribution in [1.29, 1.82) is 0 Å². The predicted octanol–water partition coefficient (Wildman–Crippen LogP) is 5.12. The fourth-order valence-electron chi connectivity index (χ4n) is 3.02. The Morgan fingerprint density at radius 3 is 2.56 bits per heavy atom. The molecular weight excluding hydrogens is 404 g/mol. The van der Waals surface area contributed by atoms with Crippen molar-refractivity contribution in [1.82, 2.24) is 5.32 Å². The zero-order chi connectivity index (χ0) is 19.6. The molecule has 2 atom stereocenters. The maximum absolute atomic E-state index is 12.6. The summed E-state index contributed by atoms with van der Waals surface area (Å²) in [6.45, 7) is 8.55. The van der Waals surface area contributed by atoms with Crippen LogP contribution in [0.5, 0.6) is 0 Å². The van der Waals surface area contributed by atoms with Gasteiger partial charge in [-0.3, -0.25) is 4.79 Å². The zero-order valence-corrected chi connectivity index (χ0v) is 17.7. The highest BCUT2D eigenvalue weighted by molar-refractivity contribution is 9.10. The van der Waals surface area contributed by atoms with Gasteiger partial charge in [0.25, 0.3) is 5.91 Å². The molecule has 142 valence electrons. The molecule has 0 aromatic heterocycles. The number of carbonyl (C=O) groups is 1. The molecule has 0 aliphatic carbocycles. The minimum absolute atomic E-state index is 0.0926. The smallest absolute Gasteiger partial charge is 0.264 e. The Balaban J connectivity index is 1.59. The van der Waals surface area contributed by atoms with E-state index in [2.05, 4.69) is 71.4 Å². The molecule has 2 aromatic rings. The molecule has 0 spiro atoms. The molecular formula is C22H25BrN2O2. The number of rotatable bonds is 4. The fraction of sp³-hybridized carbons (Fsp3) is 0.364. The van der Waals surface area contributed by atoms with Gasteiger partial charge in [-0.1, -0.05) is 78.3 Å². The minimum Gasteiger partial charge on any atom is -0.382 e. The van der Waals surface area contributed by atoms with E-state index in [4.69, 9.17) is 4.84 Å². The highest BCUT2D eigenvalue weighted by Crippen LogP contribution is 2.24. The molecule has 1 N–H and O–H groups in total. The normalized spacial score (nSPS) is 17.8. The van der Waals surface area contributed by atoms with Crippen molar-refractivity contribution in [2.75, 3.05) is 0 Å². The molecule has 0 saturated carbocycles. The van der Waals surface area contributed by atoms with Crippen LogP contribution in [0.1, 0.15) is 56.8 Å². The van der Waals surface area contributed by atoms with Crippen molar-refractivity contribution in [2.24, 2.45) is 5.16 Å². The van der Waals surface area contributed by atoms with E-state index in [0.717, 1.165) is 21.3 Å². The van der Waals surface area contributed by atoms with E-state index in [9.17, 15) is 4.79 Å². The molecule has 1 aliphatic rings. The monoisotopic (exact) mass is 428 g/mol. The number of benzene rings is 2. The number of hydrogen-bond acceptors (Lipinski definition) is 3. The van der Waals surface area contributed by atoms with E-state index < -0.39 is 6.10 Å². The van der Waals surface area contributed by atoms with E-state index in [-0.39, 0.29) is 17.4 Å². The van der Waals surface area contributed by atoms with Gasteiger partial charge in [-0.15, -0.1) is 0 Å². The molecule has 2 aromatic carbocycles. The zero-order valence-electron chi connectivity index (χ0n) is 16.1. The van der Waals surface area contributed by atoms with Crippen LogP contribution in [0.15, 0.2) is 58.2 Å². The molecule has 0 saturated heterocycles. The van der Waals surface area contributed by atoms with Crippen LogP contribution < -0.4 is 5.32 Å². The van der Waals surface area contributed by atoms with Crippen molar-refractivity contribution in [2.45, 2.75) is 51.7 Å². The summed E-state index contributed by atoms with van der Waals surface area (Å²) in [6.07, 6.45) is -0.117. The van der Waals surface area contributed by atoms with Crippen LogP contribution in [-0.4, -0.2) is 17.7 Å². The number of nitrogens with zero attached hydrogens (tertiary/aromatic N) is 1. The second-order valence-electron chi connectivity index (χ2n) is 7.95. The van der Waals surface area contributed by atoms with Gasteiger partial charge in [0.1, 0.15) is 0 Å². The maximum atomic E-state index is 12.6. The van der Waals surface area contributed by atoms with Gasteiger partial charge >= 0.3 is 0 Å². The van der Waals surface area contributed by atoms with Crippen LogP contribution in [0.25, 0.3) is 0 Å². The van der Waals surface area contributed by atoms with Gasteiger partial charge in [0.2, 0.25) is 6.10 Å². The standard InChI is InChI=1S/C22H25BrN2O2/c1-14(15-8-10-17(11-9-15)22(2,3)4)24-21(26)20-13-19(25-27-20)16-6-5-7-18(23)12-16/h5-12,14,20H,13H2,1-4H3,(H,24,26). The average molecular weight is 429 g/mol. The van der Waals surface area contributed by atoms with Crippen molar-refractivity contribution in [3.05, 3.63) is 69.7 Å². The number of hydrogen-bond donors (Lipinski definition) is 1. The van der Waals surface area contributed by atoms with Crippen LogP contribution in [0.2, 0.25) is 0 Å². The lowest BCUT2D eigenvalue weighted by molar-refractivity contribution is -0.131. The van der Waals surface area contributed by atoms with Crippen LogP contribution in [0.4, 0.5) is 0 Å². The minimum atomic E-state index is -0.588. The van der Waals surface area contributed by atoms with Gasteiger partial charge in [0.15, 0.2) is 0 Å². The molecule has 0 fully saturated rings. The van der Waals surface area contributed by atoms with Gasteiger partial charge in [-0.25, -0.2) is 0 Å². The number of oxime groups is 1. The first-order chi connectivity index (χ1) is 12.7. The number of nitrogens with one attached hydrogen (secondary N) is 1. The predicted molar refractivity (Wildman–Crippen MR) is 112 cm³/mol. The second kappa shape index (κ2) is 7.85. The first kappa shape index (κ1) is 19.6. The van der Waals surface area contributed by atoms with E-state index in [1.54, 1.807) is 0 Å². The van der Waals surface area contributed by atoms with Gasteiger partial charge in [-0.05, 0) is 35.6 Å². The van der Waals surface area contributed by atoms with Crippen molar-refractivity contribution in [3.63, 3.8) is 0 Å². The Morgan fingerprint density at radius 1 is 1.22 bits per heavy atom. The number of carbonyl (C=O) groups excluding carboxylic acids is 1. The highest BCUT2D eigenvalue weighted by Gasteiger charge is 2.30. The van der Waals surface area contributed by atoms with Gasteiger partial charge in [-0.2, -0.15) is 0 Å². The lowest BCUT2D eigenvalue weighted by Crippen LogP contribution is -2.36. The van der Waals surface area contributed by atoms with Gasteiger partial charge < -0.3 is 10.2 Å². The Kier molecular flexibility index (Phi) is 5.70. The fourth-order valence-corrected chi connectivity index (χ4v) is 3.42. The van der Waals surface area contributed by atoms with Crippen LogP contribution in [0.3, 0.4) is 0 Å². The SMILES string of the molecule is CC(NC(=O)C1CC(c2cccc(Br)c2)=NO1)c1ccc(C(C)(C)C)cc1. The first-order valence-electron chi connectivity index (χ1n) is 9.13. The average Bonchev–Trinajstić information content (AvgIpc) is 3.11. The Labute approximate surface area is 169 Å². The summed E-state index contributed by atoms with van der Waals surface area (Å²) >= 11 is 3.45. The Morgan fingerprint density at radius 2 is 1.93 bits per heavy atom. The number of halogens is 1. The largest absolute Gasteiger partial charge is 0.382 e. The van der Waals surface area contributed by atoms with Crippen molar-refractivity contribution < 1.29 is 9.63 Å². The van der Waals surface area contributed by atoms with Gasteiger partial charge in [0, 0.05) is 16.5 Å². The third-order valence-corrected chi connectivity index (χ3v) is 5.25. The summed E-state index contributed by atoms with van der Waals surface area (Å²) in [4.78, 5) is 18.0. The molecule has 1 amide bonds. The maximum Gasteiger partial charge on any atom is 0.264 e. The first-order valence-corrected chi connectivity index (χ1v) is 9.93. The summed E-state index contributed by atoms with van der Waals surface area (Å²) in [6, 6.07) is 16.1. The second-order valence-corrected chi connectivity index (χ2v) is 8.86. The Hall–Kier alpha value is -2.14. The van der Waals surface area contributed by atoms with E-state index in [1.165, 1.54) is 5.56 Å². The molecule has 3 rings (SSSR count). The van der Waals surface area contributed by atoms with E-state index in [1.807, 2.05) is 31.2 Å². The van der Waals surface area contributed by atoms with Crippen molar-refractivity contribution in [3.8, 4) is 0 Å². The lowest BCUT2D eigenvalue weighted by Gasteiger charge is -2.21. The molecule has 0 bridgehead atoms. The molecule has 4 nitrogen and oxygen atoms in total. The van der Waals surface area contributed by atoms with Crippen molar-refractivity contribution >= 4 is 27.5 Å². The van der Waals surface area contributed by atoms with Crippen LogP contribution in [0, 0.1) is 0 Å². The van der Waals surface area contributed by atoms with Gasteiger partial charge in [0.05, 0.1) is 11.8 Å². The van der Waals surface area contributed by atoms with Crippen LogP contribution >= 0.6 is 15.9 Å². The molecule has 0 radical (unpaired) electrons. The lowest BCUT2D eigenvalue weighted by atomic mass is 9.86. The molecule has 1 aliphatic heterocycles. The summed E-state index contributed by atoms with van der Waals surface area (Å²) in [7, 11) is 0. The third-order valence-electron chi connectivity index (χ3n) is 4.75. The molecule has 2 unspecified atom stereocenters. The summed E-state index contributed by atoms with van der Waals surface area (Å²) < 4.78 is 0.975. The van der Waals surface area contributed by atoms with Crippen LogP contribution in [-0.2, 0) is 15.0 Å². The molecule has 27 heavy (non-hydrogen) atoms. The summed E-state index contributed by atoms with van der Waals surface area (Å²) in [5.74, 6) is -0.142. The topological polar surface area (TPSA) is 50.7 Å². The quantitative estimate of drug-likeness (QED) is 0.734. The summed E-state index contributed by atoms with van der Waals surface area (Å²) in [5, 5.41) is 7.14. The Bertz CT molecular complexity index is 853. The summed E-state index contributed by atoms with van der Waals surface area (Å²) in [5.41, 5.74) is 4.21. The highest BCUT2D eigenvalue weighted by atomic mass is 79.9. The third kappa shape index (κ3) is 4.78. The van der Waals surface area contributed by atoms with E-state index >= 15 is 0 Å².